The van der Waals surface area contributed by atoms with Gasteiger partial charge in [0.2, 0.25) is 10.0 Å². The van der Waals surface area contributed by atoms with E-state index in [4.69, 9.17) is 0 Å². The van der Waals surface area contributed by atoms with E-state index in [-0.39, 0.29) is 17.3 Å². The molecule has 6 nitrogen and oxygen atoms in total. The Bertz CT molecular complexity index is 987. The maximum absolute atomic E-state index is 13.0. The zero-order chi connectivity index (χ0) is 18.0. The summed E-state index contributed by atoms with van der Waals surface area (Å²) in [6.07, 6.45) is 0.984. The van der Waals surface area contributed by atoms with E-state index >= 15 is 0 Å². The zero-order valence-electron chi connectivity index (χ0n) is 14.7. The highest BCUT2D eigenvalue weighted by molar-refractivity contribution is 7.89. The summed E-state index contributed by atoms with van der Waals surface area (Å²) in [5.74, 6) is 0. The maximum atomic E-state index is 13.0. The second-order valence-electron chi connectivity index (χ2n) is 6.37. The van der Waals surface area contributed by atoms with Gasteiger partial charge in [-0.3, -0.25) is 0 Å². The van der Waals surface area contributed by atoms with Crippen LogP contribution in [0.3, 0.4) is 0 Å². The topological polar surface area (TPSA) is 66.4 Å². The molecular formula is C18H21ClN4O2S2. The predicted octanol–water partition coefficient (Wildman–Crippen LogP) is 2.66. The first-order valence-electron chi connectivity index (χ1n) is 8.62. The Morgan fingerprint density at radius 3 is 2.41 bits per heavy atom. The van der Waals surface area contributed by atoms with Crippen LogP contribution in [0.25, 0.3) is 11.0 Å². The van der Waals surface area contributed by atoms with Crippen LogP contribution in [0.1, 0.15) is 5.56 Å². The highest BCUT2D eigenvalue weighted by atomic mass is 35.5. The molecule has 0 unspecified atom stereocenters. The minimum absolute atomic E-state index is 0. The molecule has 144 valence electrons. The molecule has 0 amide bonds. The summed E-state index contributed by atoms with van der Waals surface area (Å²) in [5.41, 5.74) is 2.42. The van der Waals surface area contributed by atoms with Crippen molar-refractivity contribution in [3.8, 4) is 0 Å². The van der Waals surface area contributed by atoms with Crippen LogP contribution in [-0.4, -0.2) is 59.1 Å². The number of benzene rings is 2. The molecule has 0 atom stereocenters. The van der Waals surface area contributed by atoms with Gasteiger partial charge in [0.25, 0.3) is 0 Å². The van der Waals surface area contributed by atoms with Gasteiger partial charge in [-0.15, -0.1) is 12.4 Å². The molecular weight excluding hydrogens is 404 g/mol. The number of aromatic nitrogens is 2. The molecule has 0 saturated carbocycles. The van der Waals surface area contributed by atoms with E-state index in [0.29, 0.717) is 24.1 Å². The number of rotatable bonds is 5. The van der Waals surface area contributed by atoms with Gasteiger partial charge in [-0.2, -0.15) is 13.1 Å². The lowest BCUT2D eigenvalue weighted by Gasteiger charge is -2.34. The number of nitrogens with zero attached hydrogens (tertiary/aromatic N) is 4. The second-order valence-corrected chi connectivity index (χ2v) is 8.80. The van der Waals surface area contributed by atoms with Gasteiger partial charge in [-0.05, 0) is 24.1 Å². The quantitative estimate of drug-likeness (QED) is 0.630. The third kappa shape index (κ3) is 4.30. The highest BCUT2D eigenvalue weighted by Crippen LogP contribution is 2.25. The Morgan fingerprint density at radius 2 is 1.67 bits per heavy atom. The molecule has 1 aromatic heterocycles. The molecule has 0 N–H and O–H groups in total. The average molecular weight is 425 g/mol. The van der Waals surface area contributed by atoms with E-state index in [0.717, 1.165) is 37.8 Å². The lowest BCUT2D eigenvalue weighted by atomic mass is 10.1. The largest absolute Gasteiger partial charge is 0.300 e. The minimum atomic E-state index is -3.54. The molecule has 1 aliphatic rings. The zero-order valence-corrected chi connectivity index (χ0v) is 17.1. The Hall–Kier alpha value is -1.58. The fraction of sp³-hybridized carbons (Fsp3) is 0.333. The van der Waals surface area contributed by atoms with Crippen molar-refractivity contribution in [2.45, 2.75) is 11.3 Å². The third-order valence-electron chi connectivity index (χ3n) is 4.76. The molecule has 0 bridgehead atoms. The van der Waals surface area contributed by atoms with Crippen molar-refractivity contribution in [2.75, 3.05) is 32.7 Å². The molecule has 1 fully saturated rings. The van der Waals surface area contributed by atoms with Gasteiger partial charge in [-0.25, -0.2) is 8.42 Å². The Balaban J connectivity index is 0.00000210. The standard InChI is InChI=1S/C18H20N4O2S2.ClH/c23-26(24,17-8-4-7-16-18(17)20-25-19-16)22-13-11-21(12-14-22)10-9-15-5-2-1-3-6-15;/h1-8H,9-14H2;1H. The molecule has 0 radical (unpaired) electrons. The number of fused-ring (bicyclic) bond motifs is 1. The molecule has 3 aromatic rings. The number of piperazine rings is 1. The van der Waals surface area contributed by atoms with Gasteiger partial charge < -0.3 is 4.90 Å². The molecule has 1 aliphatic heterocycles. The summed E-state index contributed by atoms with van der Waals surface area (Å²) in [6.45, 7) is 3.45. The Labute approximate surface area is 169 Å². The van der Waals surface area contributed by atoms with Crippen molar-refractivity contribution in [3.05, 3.63) is 54.1 Å². The molecule has 27 heavy (non-hydrogen) atoms. The van der Waals surface area contributed by atoms with Gasteiger partial charge in [0.15, 0.2) is 0 Å². The average Bonchev–Trinajstić information content (AvgIpc) is 3.16. The lowest BCUT2D eigenvalue weighted by molar-refractivity contribution is 0.190. The number of hydrogen-bond donors (Lipinski definition) is 0. The molecule has 0 aliphatic carbocycles. The molecule has 4 rings (SSSR count). The normalized spacial score (nSPS) is 16.3. The molecule has 1 saturated heterocycles. The maximum Gasteiger partial charge on any atom is 0.245 e. The summed E-state index contributed by atoms with van der Waals surface area (Å²) in [6, 6.07) is 15.5. The first kappa shape index (κ1) is 20.2. The summed E-state index contributed by atoms with van der Waals surface area (Å²) < 4.78 is 35.9. The minimum Gasteiger partial charge on any atom is -0.300 e. The highest BCUT2D eigenvalue weighted by Gasteiger charge is 2.30. The van der Waals surface area contributed by atoms with Gasteiger partial charge in [0, 0.05) is 32.7 Å². The van der Waals surface area contributed by atoms with E-state index in [9.17, 15) is 8.42 Å². The van der Waals surface area contributed by atoms with Gasteiger partial charge in [0.1, 0.15) is 15.9 Å². The van der Waals surface area contributed by atoms with Crippen LogP contribution < -0.4 is 0 Å². The Kier molecular flexibility index (Phi) is 6.44. The van der Waals surface area contributed by atoms with Gasteiger partial charge >= 0.3 is 0 Å². The van der Waals surface area contributed by atoms with Crippen molar-refractivity contribution >= 4 is 45.2 Å². The third-order valence-corrected chi connectivity index (χ3v) is 7.23. The second kappa shape index (κ2) is 8.62. The molecule has 2 aromatic carbocycles. The summed E-state index contributed by atoms with van der Waals surface area (Å²) in [7, 11) is -3.54. The molecule has 2 heterocycles. The van der Waals surface area contributed by atoms with E-state index in [1.54, 1.807) is 22.5 Å². The fourth-order valence-corrected chi connectivity index (χ4v) is 5.43. The van der Waals surface area contributed by atoms with Crippen LogP contribution in [0.4, 0.5) is 0 Å². The van der Waals surface area contributed by atoms with E-state index in [1.807, 2.05) is 18.2 Å². The van der Waals surface area contributed by atoms with Gasteiger partial charge in [-0.1, -0.05) is 36.4 Å². The van der Waals surface area contributed by atoms with Crippen LogP contribution in [0.2, 0.25) is 0 Å². The SMILES string of the molecule is Cl.O=S(=O)(c1cccc2nsnc12)N1CCN(CCc2ccccc2)CC1. The van der Waals surface area contributed by atoms with E-state index < -0.39 is 10.0 Å². The van der Waals surface area contributed by atoms with Crippen molar-refractivity contribution in [3.63, 3.8) is 0 Å². The summed E-state index contributed by atoms with van der Waals surface area (Å²) >= 11 is 1.04. The van der Waals surface area contributed by atoms with E-state index in [1.165, 1.54) is 5.56 Å². The number of halogens is 1. The monoisotopic (exact) mass is 424 g/mol. The summed E-state index contributed by atoms with van der Waals surface area (Å²) in [4.78, 5) is 2.59. The van der Waals surface area contributed by atoms with Crippen LogP contribution in [-0.2, 0) is 16.4 Å². The Morgan fingerprint density at radius 1 is 0.926 bits per heavy atom. The fourth-order valence-electron chi connectivity index (χ4n) is 3.25. The van der Waals surface area contributed by atoms with Crippen molar-refractivity contribution in [1.29, 1.82) is 0 Å². The first-order chi connectivity index (χ1) is 12.6. The predicted molar refractivity (Wildman–Crippen MR) is 110 cm³/mol. The van der Waals surface area contributed by atoms with Gasteiger partial charge in [0.05, 0.1) is 11.7 Å². The van der Waals surface area contributed by atoms with Crippen LogP contribution >= 0.6 is 24.1 Å². The number of sulfonamides is 1. The van der Waals surface area contributed by atoms with Crippen LogP contribution in [0, 0.1) is 0 Å². The summed E-state index contributed by atoms with van der Waals surface area (Å²) in [5, 5.41) is 0. The smallest absolute Gasteiger partial charge is 0.245 e. The van der Waals surface area contributed by atoms with E-state index in [2.05, 4.69) is 25.8 Å². The lowest BCUT2D eigenvalue weighted by Crippen LogP contribution is -2.49. The van der Waals surface area contributed by atoms with Crippen molar-refractivity contribution < 1.29 is 8.42 Å². The van der Waals surface area contributed by atoms with Crippen LogP contribution in [0.15, 0.2) is 53.4 Å². The first-order valence-corrected chi connectivity index (χ1v) is 10.8. The molecule has 0 spiro atoms. The van der Waals surface area contributed by atoms with Crippen molar-refractivity contribution in [1.82, 2.24) is 18.0 Å². The number of hydrogen-bond acceptors (Lipinski definition) is 6. The van der Waals surface area contributed by atoms with Crippen molar-refractivity contribution in [2.24, 2.45) is 0 Å². The molecule has 9 heteroatoms. The van der Waals surface area contributed by atoms with Crippen LogP contribution in [0.5, 0.6) is 0 Å².